The van der Waals surface area contributed by atoms with Crippen molar-refractivity contribution >= 4 is 22.7 Å². The Balaban J connectivity index is 1.87. The first-order valence-corrected chi connectivity index (χ1v) is 6.69. The normalized spacial score (nSPS) is 18.1. The van der Waals surface area contributed by atoms with E-state index >= 15 is 0 Å². The van der Waals surface area contributed by atoms with Crippen molar-refractivity contribution in [1.82, 2.24) is 15.3 Å². The maximum absolute atomic E-state index is 10.8. The van der Waals surface area contributed by atoms with Gasteiger partial charge in [0, 0.05) is 17.7 Å². The number of nitrogens with one attached hydrogen (secondary N) is 3. The second-order valence-corrected chi connectivity index (χ2v) is 5.48. The summed E-state index contributed by atoms with van der Waals surface area (Å²) in [7, 11) is 0. The number of aromatic nitrogens is 2. The molecule has 0 atom stereocenters. The number of nitrogens with zero attached hydrogens (tertiary/aromatic N) is 2. The van der Waals surface area contributed by atoms with Crippen molar-refractivity contribution in [2.75, 3.05) is 18.4 Å². The van der Waals surface area contributed by atoms with E-state index in [1.54, 1.807) is 6.07 Å². The Morgan fingerprint density at radius 2 is 2.15 bits per heavy atom. The van der Waals surface area contributed by atoms with Crippen LogP contribution in [0.2, 0.25) is 0 Å². The third-order valence-electron chi connectivity index (χ3n) is 3.80. The lowest BCUT2D eigenvalue weighted by molar-refractivity contribution is -0.384. The molecular weight excluding hydrogens is 258 g/mol. The number of piperidine rings is 1. The van der Waals surface area contributed by atoms with Crippen LogP contribution in [-0.2, 0) is 0 Å². The third kappa shape index (κ3) is 2.44. The number of non-ortho nitro benzene ring substituents is 1. The molecule has 7 heteroatoms. The van der Waals surface area contributed by atoms with Gasteiger partial charge >= 0.3 is 0 Å². The Bertz CT molecular complexity index is 645. The minimum absolute atomic E-state index is 0.00502. The number of hydrogen-bond acceptors (Lipinski definition) is 5. The second kappa shape index (κ2) is 4.75. The number of fused-ring (bicyclic) bond motifs is 1. The number of benzene rings is 1. The summed E-state index contributed by atoms with van der Waals surface area (Å²) in [6, 6.07) is 4.65. The fourth-order valence-electron chi connectivity index (χ4n) is 2.56. The van der Waals surface area contributed by atoms with Crippen molar-refractivity contribution in [2.45, 2.75) is 25.3 Å². The largest absolute Gasteiger partial charge is 0.351 e. The molecule has 1 fully saturated rings. The highest BCUT2D eigenvalue weighted by Gasteiger charge is 2.27. The van der Waals surface area contributed by atoms with Crippen LogP contribution < -0.4 is 10.6 Å². The molecule has 0 aliphatic carbocycles. The van der Waals surface area contributed by atoms with Crippen molar-refractivity contribution in [1.29, 1.82) is 0 Å². The summed E-state index contributed by atoms with van der Waals surface area (Å²) in [5.74, 6) is 0.671. The van der Waals surface area contributed by atoms with Crippen molar-refractivity contribution in [2.24, 2.45) is 0 Å². The molecule has 0 spiro atoms. The number of H-pyrrole nitrogens is 1. The van der Waals surface area contributed by atoms with Crippen LogP contribution in [0.15, 0.2) is 18.2 Å². The minimum atomic E-state index is -0.401. The van der Waals surface area contributed by atoms with E-state index in [0.29, 0.717) is 11.5 Å². The molecule has 1 aliphatic heterocycles. The average Bonchev–Trinajstić information content (AvgIpc) is 2.79. The topological polar surface area (TPSA) is 95.9 Å². The fraction of sp³-hybridized carbons (Fsp3) is 0.462. The van der Waals surface area contributed by atoms with Crippen LogP contribution in [0.4, 0.5) is 11.6 Å². The van der Waals surface area contributed by atoms with E-state index in [1.807, 2.05) is 0 Å². The zero-order chi connectivity index (χ0) is 14.2. The van der Waals surface area contributed by atoms with Gasteiger partial charge < -0.3 is 15.6 Å². The highest BCUT2D eigenvalue weighted by atomic mass is 16.6. The zero-order valence-corrected chi connectivity index (χ0v) is 11.3. The van der Waals surface area contributed by atoms with Gasteiger partial charge in [-0.25, -0.2) is 4.98 Å². The molecule has 3 rings (SSSR count). The maximum Gasteiger partial charge on any atom is 0.271 e. The van der Waals surface area contributed by atoms with E-state index in [1.165, 1.54) is 12.1 Å². The minimum Gasteiger partial charge on any atom is -0.351 e. The summed E-state index contributed by atoms with van der Waals surface area (Å²) >= 11 is 0. The molecule has 2 aromatic rings. The molecule has 0 unspecified atom stereocenters. The molecule has 1 aliphatic rings. The van der Waals surface area contributed by atoms with Crippen LogP contribution in [0.5, 0.6) is 0 Å². The van der Waals surface area contributed by atoms with Gasteiger partial charge in [0.25, 0.3) is 5.69 Å². The highest BCUT2D eigenvalue weighted by molar-refractivity contribution is 5.80. The van der Waals surface area contributed by atoms with E-state index in [-0.39, 0.29) is 11.2 Å². The first-order valence-electron chi connectivity index (χ1n) is 6.69. The third-order valence-corrected chi connectivity index (χ3v) is 3.80. The summed E-state index contributed by atoms with van der Waals surface area (Å²) in [6.45, 7) is 4.13. The van der Waals surface area contributed by atoms with Gasteiger partial charge in [0.05, 0.1) is 16.0 Å². The van der Waals surface area contributed by atoms with E-state index < -0.39 is 4.92 Å². The van der Waals surface area contributed by atoms with E-state index in [4.69, 9.17) is 0 Å². The van der Waals surface area contributed by atoms with Gasteiger partial charge in [0.15, 0.2) is 0 Å². The van der Waals surface area contributed by atoms with E-state index in [0.717, 1.165) is 31.4 Å². The molecule has 2 heterocycles. The molecule has 7 nitrogen and oxygen atoms in total. The smallest absolute Gasteiger partial charge is 0.271 e. The quantitative estimate of drug-likeness (QED) is 0.588. The molecule has 0 amide bonds. The SMILES string of the molecule is CC1(Nc2nc3ccc([N+](=O)[O-])cc3[nH]2)CCNCC1. The van der Waals surface area contributed by atoms with Gasteiger partial charge in [0.2, 0.25) is 5.95 Å². The van der Waals surface area contributed by atoms with Crippen LogP contribution in [0.1, 0.15) is 19.8 Å². The number of rotatable bonds is 3. The molecule has 106 valence electrons. The monoisotopic (exact) mass is 275 g/mol. The van der Waals surface area contributed by atoms with Gasteiger partial charge in [-0.05, 0) is 38.9 Å². The van der Waals surface area contributed by atoms with E-state index in [9.17, 15) is 10.1 Å². The van der Waals surface area contributed by atoms with Crippen molar-refractivity contribution in [3.63, 3.8) is 0 Å². The van der Waals surface area contributed by atoms with Crippen LogP contribution in [-0.4, -0.2) is 33.5 Å². The van der Waals surface area contributed by atoms with Crippen molar-refractivity contribution in [3.8, 4) is 0 Å². The van der Waals surface area contributed by atoms with E-state index in [2.05, 4.69) is 27.5 Å². The summed E-state index contributed by atoms with van der Waals surface area (Å²) in [5.41, 5.74) is 1.49. The summed E-state index contributed by atoms with van der Waals surface area (Å²) in [4.78, 5) is 17.9. The lowest BCUT2D eigenvalue weighted by Gasteiger charge is -2.34. The standard InChI is InChI=1S/C13H17N5O2/c1-13(4-6-14-7-5-13)17-12-15-10-3-2-9(18(19)20)8-11(10)16-12/h2-3,8,14H,4-7H2,1H3,(H2,15,16,17). The number of nitro groups is 1. The predicted molar refractivity (Wildman–Crippen MR) is 76.9 cm³/mol. The Labute approximate surface area is 115 Å². The summed E-state index contributed by atoms with van der Waals surface area (Å²) < 4.78 is 0. The molecule has 0 saturated carbocycles. The van der Waals surface area contributed by atoms with Crippen LogP contribution >= 0.6 is 0 Å². The van der Waals surface area contributed by atoms with Gasteiger partial charge in [0.1, 0.15) is 0 Å². The molecular formula is C13H17N5O2. The molecule has 0 bridgehead atoms. The van der Waals surface area contributed by atoms with Crippen LogP contribution in [0, 0.1) is 10.1 Å². The predicted octanol–water partition coefficient (Wildman–Crippen LogP) is 2.03. The number of aromatic amines is 1. The Morgan fingerprint density at radius 1 is 1.40 bits per heavy atom. The Hall–Kier alpha value is -2.15. The van der Waals surface area contributed by atoms with Crippen LogP contribution in [0.25, 0.3) is 11.0 Å². The van der Waals surface area contributed by atoms with Gasteiger partial charge in [-0.3, -0.25) is 10.1 Å². The second-order valence-electron chi connectivity index (χ2n) is 5.48. The molecule has 1 aromatic heterocycles. The first-order chi connectivity index (χ1) is 9.56. The Kier molecular flexibility index (Phi) is 3.06. The number of nitro benzene ring substituents is 1. The van der Waals surface area contributed by atoms with Crippen LogP contribution in [0.3, 0.4) is 0 Å². The lowest BCUT2D eigenvalue weighted by atomic mass is 9.91. The number of hydrogen-bond donors (Lipinski definition) is 3. The first kappa shape index (κ1) is 12.9. The van der Waals surface area contributed by atoms with Crippen molar-refractivity contribution in [3.05, 3.63) is 28.3 Å². The highest BCUT2D eigenvalue weighted by Crippen LogP contribution is 2.25. The number of anilines is 1. The lowest BCUT2D eigenvalue weighted by Crippen LogP contribution is -2.45. The van der Waals surface area contributed by atoms with Gasteiger partial charge in [-0.2, -0.15) is 0 Å². The molecule has 0 radical (unpaired) electrons. The van der Waals surface area contributed by atoms with Crippen molar-refractivity contribution < 1.29 is 4.92 Å². The molecule has 20 heavy (non-hydrogen) atoms. The average molecular weight is 275 g/mol. The fourth-order valence-corrected chi connectivity index (χ4v) is 2.56. The molecule has 1 saturated heterocycles. The summed E-state index contributed by atoms with van der Waals surface area (Å²) in [5, 5.41) is 17.5. The Morgan fingerprint density at radius 3 is 2.85 bits per heavy atom. The van der Waals surface area contributed by atoms with Gasteiger partial charge in [-0.15, -0.1) is 0 Å². The molecule has 1 aromatic carbocycles. The summed E-state index contributed by atoms with van der Waals surface area (Å²) in [6.07, 6.45) is 2.04. The maximum atomic E-state index is 10.8. The van der Waals surface area contributed by atoms with Gasteiger partial charge in [-0.1, -0.05) is 0 Å². The zero-order valence-electron chi connectivity index (χ0n) is 11.3. The number of imidazole rings is 1. The molecule has 3 N–H and O–H groups in total.